The van der Waals surface area contributed by atoms with Gasteiger partial charge in [0.15, 0.2) is 16.6 Å². The van der Waals surface area contributed by atoms with Crippen LogP contribution in [-0.4, -0.2) is 30.2 Å². The van der Waals surface area contributed by atoms with Gasteiger partial charge in [0.25, 0.3) is 0 Å². The smallest absolute Gasteiger partial charge is 0.191 e. The minimum atomic E-state index is 0.0929. The highest BCUT2D eigenvalue weighted by Gasteiger charge is 2.04. The topological polar surface area (TPSA) is 75.1 Å². The first-order chi connectivity index (χ1) is 11.6. The second-order valence-corrected chi connectivity index (χ2v) is 5.09. The molecule has 2 aromatic carbocycles. The molecule has 0 aliphatic carbocycles. The minimum absolute atomic E-state index is 0.0929. The van der Waals surface area contributed by atoms with Crippen LogP contribution >= 0.6 is 12.2 Å². The summed E-state index contributed by atoms with van der Waals surface area (Å²) in [5.74, 6) is 1.19. The van der Waals surface area contributed by atoms with Gasteiger partial charge >= 0.3 is 0 Å². The predicted octanol–water partition coefficient (Wildman–Crippen LogP) is 3.12. The summed E-state index contributed by atoms with van der Waals surface area (Å²) in [6, 6.07) is 12.4. The number of nitrogens with zero attached hydrogens (tertiary/aromatic N) is 1. The molecule has 0 bridgehead atoms. The molecule has 0 fully saturated rings. The van der Waals surface area contributed by atoms with Gasteiger partial charge in [-0.2, -0.15) is 5.10 Å². The molecule has 0 spiro atoms. The fraction of sp³-hybridized carbons (Fsp3) is 0.176. The Kier molecular flexibility index (Phi) is 6.39. The summed E-state index contributed by atoms with van der Waals surface area (Å²) >= 11 is 5.19. The molecule has 0 radical (unpaired) electrons. The highest BCUT2D eigenvalue weighted by molar-refractivity contribution is 7.80. The fourth-order valence-electron chi connectivity index (χ4n) is 1.95. The molecular formula is C17H19N3O3S. The van der Waals surface area contributed by atoms with Gasteiger partial charge in [0.05, 0.1) is 25.6 Å². The molecule has 2 aromatic rings. The van der Waals surface area contributed by atoms with Crippen molar-refractivity contribution < 1.29 is 14.6 Å². The van der Waals surface area contributed by atoms with E-state index >= 15 is 0 Å². The molecule has 0 heterocycles. The van der Waals surface area contributed by atoms with Gasteiger partial charge in [0, 0.05) is 0 Å². The lowest BCUT2D eigenvalue weighted by Gasteiger charge is -2.10. The highest BCUT2D eigenvalue weighted by atomic mass is 32.1. The first kappa shape index (κ1) is 17.6. The van der Waals surface area contributed by atoms with Crippen molar-refractivity contribution >= 4 is 29.2 Å². The average molecular weight is 345 g/mol. The molecule has 0 aliphatic heterocycles. The van der Waals surface area contributed by atoms with E-state index in [1.165, 1.54) is 0 Å². The predicted molar refractivity (Wildman–Crippen MR) is 99.2 cm³/mol. The normalized spacial score (nSPS) is 10.4. The molecule has 24 heavy (non-hydrogen) atoms. The van der Waals surface area contributed by atoms with E-state index in [0.717, 1.165) is 11.3 Å². The number of rotatable bonds is 6. The molecule has 0 saturated carbocycles. The molecule has 2 rings (SSSR count). The van der Waals surface area contributed by atoms with Crippen molar-refractivity contribution in [3.05, 3.63) is 48.0 Å². The molecular weight excluding hydrogens is 326 g/mol. The minimum Gasteiger partial charge on any atom is -0.504 e. The van der Waals surface area contributed by atoms with Crippen molar-refractivity contribution in [1.29, 1.82) is 0 Å². The van der Waals surface area contributed by atoms with E-state index in [1.807, 2.05) is 31.2 Å². The zero-order valence-electron chi connectivity index (χ0n) is 13.4. The van der Waals surface area contributed by atoms with Crippen LogP contribution in [0.5, 0.6) is 17.2 Å². The van der Waals surface area contributed by atoms with Gasteiger partial charge in [-0.1, -0.05) is 12.1 Å². The molecule has 7 heteroatoms. The lowest BCUT2D eigenvalue weighted by molar-refractivity contribution is 0.318. The first-order valence-corrected chi connectivity index (χ1v) is 7.73. The summed E-state index contributed by atoms with van der Waals surface area (Å²) < 4.78 is 10.6. The zero-order chi connectivity index (χ0) is 17.4. The number of nitrogens with one attached hydrogen (secondary N) is 2. The number of hydrazone groups is 1. The van der Waals surface area contributed by atoms with E-state index in [1.54, 1.807) is 31.5 Å². The number of benzene rings is 2. The van der Waals surface area contributed by atoms with Gasteiger partial charge in [-0.15, -0.1) is 0 Å². The summed E-state index contributed by atoms with van der Waals surface area (Å²) in [5.41, 5.74) is 4.24. The van der Waals surface area contributed by atoms with Crippen LogP contribution in [0.15, 0.2) is 47.6 Å². The Balaban J connectivity index is 1.96. The van der Waals surface area contributed by atoms with Gasteiger partial charge in [-0.25, -0.2) is 0 Å². The van der Waals surface area contributed by atoms with Crippen LogP contribution in [-0.2, 0) is 0 Å². The van der Waals surface area contributed by atoms with Gasteiger partial charge in [-0.05, 0) is 55.0 Å². The Morgan fingerprint density at radius 1 is 1.25 bits per heavy atom. The number of hydrogen-bond donors (Lipinski definition) is 3. The van der Waals surface area contributed by atoms with Gasteiger partial charge < -0.3 is 19.9 Å². The third kappa shape index (κ3) is 4.85. The summed E-state index contributed by atoms with van der Waals surface area (Å²) in [6.45, 7) is 2.32. The number of phenols is 1. The maximum absolute atomic E-state index is 9.67. The number of anilines is 1. The Morgan fingerprint density at radius 2 is 2.04 bits per heavy atom. The van der Waals surface area contributed by atoms with Crippen LogP contribution in [0.3, 0.4) is 0 Å². The molecule has 0 unspecified atom stereocenters. The van der Waals surface area contributed by atoms with Crippen molar-refractivity contribution in [1.82, 2.24) is 5.43 Å². The van der Waals surface area contributed by atoms with E-state index in [9.17, 15) is 5.11 Å². The van der Waals surface area contributed by atoms with Gasteiger partial charge in [0.2, 0.25) is 0 Å². The Bertz CT molecular complexity index is 735. The second kappa shape index (κ2) is 8.73. The number of phenolic OH excluding ortho intramolecular Hbond substituents is 1. The van der Waals surface area contributed by atoms with Crippen molar-refractivity contribution in [2.24, 2.45) is 5.10 Å². The van der Waals surface area contributed by atoms with Gasteiger partial charge in [0.1, 0.15) is 5.75 Å². The number of thiocarbonyl (C=S) groups is 1. The quantitative estimate of drug-likeness (QED) is 0.424. The number of ether oxygens (including phenoxy) is 2. The fourth-order valence-corrected chi connectivity index (χ4v) is 2.11. The van der Waals surface area contributed by atoms with Crippen LogP contribution in [0.2, 0.25) is 0 Å². The third-order valence-electron chi connectivity index (χ3n) is 3.02. The van der Waals surface area contributed by atoms with E-state index in [-0.39, 0.29) is 5.75 Å². The second-order valence-electron chi connectivity index (χ2n) is 4.68. The molecule has 3 N–H and O–H groups in total. The van der Waals surface area contributed by atoms with Crippen molar-refractivity contribution in [3.8, 4) is 17.2 Å². The van der Waals surface area contributed by atoms with Crippen LogP contribution in [0.1, 0.15) is 12.5 Å². The van der Waals surface area contributed by atoms with E-state index in [2.05, 4.69) is 15.8 Å². The molecule has 126 valence electrons. The summed E-state index contributed by atoms with van der Waals surface area (Å²) in [6.07, 6.45) is 1.58. The number of aromatic hydroxyl groups is 1. The number of methoxy groups -OCH3 is 1. The maximum atomic E-state index is 9.67. The maximum Gasteiger partial charge on any atom is 0.191 e. The first-order valence-electron chi connectivity index (χ1n) is 7.33. The van der Waals surface area contributed by atoms with Crippen LogP contribution in [0.4, 0.5) is 5.69 Å². The van der Waals surface area contributed by atoms with Crippen molar-refractivity contribution in [2.45, 2.75) is 6.92 Å². The molecule has 0 aliphatic rings. The molecule has 0 saturated heterocycles. The standard InChI is InChI=1S/C17H19N3O3S/c1-3-23-16-10-12(8-9-14(16)21)11-18-20-17(24)19-13-6-4-5-7-15(13)22-2/h4-11,21H,3H2,1-2H3,(H2,19,20,24). The Labute approximate surface area is 146 Å². The number of hydrogen-bond acceptors (Lipinski definition) is 5. The van der Waals surface area contributed by atoms with E-state index in [4.69, 9.17) is 21.7 Å². The molecule has 6 nitrogen and oxygen atoms in total. The third-order valence-corrected chi connectivity index (χ3v) is 3.21. The zero-order valence-corrected chi connectivity index (χ0v) is 14.3. The molecule has 0 amide bonds. The Hall–Kier alpha value is -2.80. The van der Waals surface area contributed by atoms with Crippen LogP contribution < -0.4 is 20.2 Å². The van der Waals surface area contributed by atoms with E-state index < -0.39 is 0 Å². The Morgan fingerprint density at radius 3 is 2.79 bits per heavy atom. The van der Waals surface area contributed by atoms with Gasteiger partial charge in [-0.3, -0.25) is 5.43 Å². The highest BCUT2D eigenvalue weighted by Crippen LogP contribution is 2.26. The van der Waals surface area contributed by atoms with Crippen molar-refractivity contribution in [2.75, 3.05) is 19.0 Å². The number of para-hydroxylation sites is 2. The lowest BCUT2D eigenvalue weighted by atomic mass is 10.2. The lowest BCUT2D eigenvalue weighted by Crippen LogP contribution is -2.24. The van der Waals surface area contributed by atoms with Crippen molar-refractivity contribution in [3.63, 3.8) is 0 Å². The van der Waals surface area contributed by atoms with E-state index in [0.29, 0.717) is 23.2 Å². The summed E-state index contributed by atoms with van der Waals surface area (Å²) in [4.78, 5) is 0. The summed E-state index contributed by atoms with van der Waals surface area (Å²) in [5, 5.41) is 17.1. The molecule has 0 atom stereocenters. The SMILES string of the molecule is CCOc1cc(C=NNC(=S)Nc2ccccc2OC)ccc1O. The monoisotopic (exact) mass is 345 g/mol. The largest absolute Gasteiger partial charge is 0.504 e. The average Bonchev–Trinajstić information content (AvgIpc) is 2.58. The molecule has 0 aromatic heterocycles. The van der Waals surface area contributed by atoms with Crippen LogP contribution in [0, 0.1) is 0 Å². The summed E-state index contributed by atoms with van der Waals surface area (Å²) in [7, 11) is 1.59. The van der Waals surface area contributed by atoms with Crippen LogP contribution in [0.25, 0.3) is 0 Å².